The van der Waals surface area contributed by atoms with E-state index in [0.717, 1.165) is 38.2 Å². The van der Waals surface area contributed by atoms with E-state index in [-0.39, 0.29) is 23.8 Å². The highest BCUT2D eigenvalue weighted by Crippen LogP contribution is 2.33. The van der Waals surface area contributed by atoms with Gasteiger partial charge in [-0.15, -0.1) is 0 Å². The minimum Gasteiger partial charge on any atom is -0.377 e. The van der Waals surface area contributed by atoms with E-state index in [1.54, 1.807) is 0 Å². The van der Waals surface area contributed by atoms with Crippen LogP contribution in [0.4, 0.5) is 0 Å². The van der Waals surface area contributed by atoms with Crippen molar-refractivity contribution in [2.75, 3.05) is 19.7 Å². The molecule has 3 heterocycles. The van der Waals surface area contributed by atoms with Crippen molar-refractivity contribution in [3.63, 3.8) is 0 Å². The number of carbonyl (C=O) groups is 1. The smallest absolute Gasteiger partial charge is 0.240 e. The van der Waals surface area contributed by atoms with Gasteiger partial charge in [-0.3, -0.25) is 9.69 Å². The molecule has 0 radical (unpaired) electrons. The molecule has 23 heavy (non-hydrogen) atoms. The lowest BCUT2D eigenvalue weighted by Crippen LogP contribution is -2.41. The molecule has 2 saturated heterocycles. The number of amides is 1. The van der Waals surface area contributed by atoms with Crippen LogP contribution in [0.5, 0.6) is 0 Å². The van der Waals surface area contributed by atoms with Crippen molar-refractivity contribution < 1.29 is 14.1 Å². The second kappa shape index (κ2) is 6.97. The van der Waals surface area contributed by atoms with Crippen LogP contribution in [0.2, 0.25) is 0 Å². The number of aromatic nitrogens is 2. The average molecular weight is 322 g/mol. The van der Waals surface area contributed by atoms with Gasteiger partial charge >= 0.3 is 0 Å². The van der Waals surface area contributed by atoms with E-state index in [0.29, 0.717) is 25.0 Å². The highest BCUT2D eigenvalue weighted by molar-refractivity contribution is 5.77. The van der Waals surface area contributed by atoms with Crippen molar-refractivity contribution in [2.24, 2.45) is 17.6 Å². The highest BCUT2D eigenvalue weighted by atomic mass is 16.5. The molecule has 0 aliphatic carbocycles. The fourth-order valence-corrected chi connectivity index (χ4v) is 3.58. The van der Waals surface area contributed by atoms with E-state index in [2.05, 4.69) is 28.9 Å². The summed E-state index contributed by atoms with van der Waals surface area (Å²) in [5, 5.41) is 4.00. The monoisotopic (exact) mass is 322 g/mol. The largest absolute Gasteiger partial charge is 0.377 e. The number of likely N-dealkylation sites (tertiary alicyclic amines) is 1. The first-order valence-corrected chi connectivity index (χ1v) is 8.50. The molecule has 1 aromatic rings. The maximum Gasteiger partial charge on any atom is 0.240 e. The second-order valence-electron chi connectivity index (χ2n) is 6.95. The Morgan fingerprint density at radius 2 is 2.09 bits per heavy atom. The minimum absolute atomic E-state index is 0.00518. The molecule has 1 aromatic heterocycles. The molecule has 0 unspecified atom stereocenters. The van der Waals surface area contributed by atoms with Crippen LogP contribution >= 0.6 is 0 Å². The van der Waals surface area contributed by atoms with E-state index < -0.39 is 0 Å². The van der Waals surface area contributed by atoms with Crippen molar-refractivity contribution in [3.8, 4) is 0 Å². The first-order chi connectivity index (χ1) is 11.0. The summed E-state index contributed by atoms with van der Waals surface area (Å²) in [6.07, 6.45) is 2.80. The lowest BCUT2D eigenvalue weighted by molar-refractivity contribution is -0.124. The van der Waals surface area contributed by atoms with Gasteiger partial charge < -0.3 is 15.0 Å². The summed E-state index contributed by atoms with van der Waals surface area (Å²) >= 11 is 0. The molecule has 0 saturated carbocycles. The van der Waals surface area contributed by atoms with Crippen LogP contribution in [0.3, 0.4) is 0 Å². The Morgan fingerprint density at radius 3 is 2.70 bits per heavy atom. The maximum absolute atomic E-state index is 11.5. The minimum atomic E-state index is -0.220. The second-order valence-corrected chi connectivity index (χ2v) is 6.95. The Hall–Kier alpha value is -1.47. The van der Waals surface area contributed by atoms with Crippen LogP contribution in [0.15, 0.2) is 4.52 Å². The Morgan fingerprint density at radius 1 is 1.35 bits per heavy atom. The van der Waals surface area contributed by atoms with Gasteiger partial charge in [0.1, 0.15) is 0 Å². The molecule has 7 nitrogen and oxygen atoms in total. The number of piperidine rings is 1. The zero-order chi connectivity index (χ0) is 16.4. The quantitative estimate of drug-likeness (QED) is 0.878. The van der Waals surface area contributed by atoms with Crippen molar-refractivity contribution in [3.05, 3.63) is 11.7 Å². The van der Waals surface area contributed by atoms with Gasteiger partial charge in [-0.25, -0.2) is 0 Å². The van der Waals surface area contributed by atoms with E-state index in [1.807, 2.05) is 0 Å². The summed E-state index contributed by atoms with van der Waals surface area (Å²) in [5.41, 5.74) is 5.49. The van der Waals surface area contributed by atoms with E-state index in [1.165, 1.54) is 0 Å². The molecular formula is C16H26N4O3. The number of carbonyl (C=O) groups excluding carboxylic acids is 1. The lowest BCUT2D eigenvalue weighted by Gasteiger charge is -2.35. The van der Waals surface area contributed by atoms with Crippen LogP contribution < -0.4 is 5.73 Å². The first-order valence-electron chi connectivity index (χ1n) is 8.50. The van der Waals surface area contributed by atoms with Gasteiger partial charge in [0.2, 0.25) is 11.8 Å². The third kappa shape index (κ3) is 3.72. The normalized spacial score (nSPS) is 26.9. The third-order valence-electron chi connectivity index (χ3n) is 4.96. The molecule has 0 aromatic carbocycles. The number of nitrogens with zero attached hydrogens (tertiary/aromatic N) is 3. The van der Waals surface area contributed by atoms with Crippen LogP contribution in [-0.2, 0) is 16.1 Å². The highest BCUT2D eigenvalue weighted by Gasteiger charge is 2.39. The van der Waals surface area contributed by atoms with Crippen molar-refractivity contribution in [2.45, 2.75) is 51.7 Å². The fraction of sp³-hybridized carbons (Fsp3) is 0.812. The topological polar surface area (TPSA) is 94.5 Å². The number of hydrogen-bond donors (Lipinski definition) is 1. The molecule has 2 atom stereocenters. The number of primary amides is 1. The van der Waals surface area contributed by atoms with Crippen LogP contribution in [0, 0.1) is 11.8 Å². The predicted octanol–water partition coefficient (Wildman–Crippen LogP) is 1.30. The molecule has 2 fully saturated rings. The fourth-order valence-electron chi connectivity index (χ4n) is 3.58. The number of hydrogen-bond acceptors (Lipinski definition) is 6. The molecule has 7 heteroatoms. The van der Waals surface area contributed by atoms with Crippen molar-refractivity contribution in [1.29, 1.82) is 0 Å². The summed E-state index contributed by atoms with van der Waals surface area (Å²) < 4.78 is 11.1. The van der Waals surface area contributed by atoms with Crippen LogP contribution in [-0.4, -0.2) is 46.7 Å². The standard InChI is InChI=1S/C16H26N4O3/c1-10(2)16-18-13(23-19-16)9-20-6-3-11(4-7-20)14-12(15(17)21)5-8-22-14/h10-12,14H,3-9H2,1-2H3,(H2,17,21)/t12-,14+/m0/s1. The molecule has 2 aliphatic rings. The maximum atomic E-state index is 11.5. The summed E-state index contributed by atoms with van der Waals surface area (Å²) in [6.45, 7) is 7.36. The number of ether oxygens (including phenoxy) is 1. The summed E-state index contributed by atoms with van der Waals surface area (Å²) in [5.74, 6) is 1.81. The van der Waals surface area contributed by atoms with E-state index in [9.17, 15) is 4.79 Å². The summed E-state index contributed by atoms with van der Waals surface area (Å²) in [7, 11) is 0. The van der Waals surface area contributed by atoms with Gasteiger partial charge in [0, 0.05) is 12.5 Å². The summed E-state index contributed by atoms with van der Waals surface area (Å²) in [4.78, 5) is 18.3. The van der Waals surface area contributed by atoms with Gasteiger partial charge in [-0.1, -0.05) is 19.0 Å². The molecular weight excluding hydrogens is 296 g/mol. The SMILES string of the molecule is CC(C)c1noc(CN2CCC([C@H]3OCC[C@@H]3C(N)=O)CC2)n1. The number of rotatable bonds is 5. The Kier molecular flexibility index (Phi) is 4.96. The van der Waals surface area contributed by atoms with E-state index in [4.69, 9.17) is 15.0 Å². The van der Waals surface area contributed by atoms with Gasteiger partial charge in [0.15, 0.2) is 5.82 Å². The Labute approximate surface area is 136 Å². The van der Waals surface area contributed by atoms with Gasteiger partial charge in [0.05, 0.1) is 18.6 Å². The van der Waals surface area contributed by atoms with Gasteiger partial charge in [-0.2, -0.15) is 4.98 Å². The van der Waals surface area contributed by atoms with Gasteiger partial charge in [-0.05, 0) is 38.3 Å². The van der Waals surface area contributed by atoms with Crippen molar-refractivity contribution in [1.82, 2.24) is 15.0 Å². The molecule has 128 valence electrons. The molecule has 3 rings (SSSR count). The number of nitrogens with two attached hydrogens (primary N) is 1. The van der Waals surface area contributed by atoms with Gasteiger partial charge in [0.25, 0.3) is 0 Å². The Bertz CT molecular complexity index is 537. The average Bonchev–Trinajstić information content (AvgIpc) is 3.17. The van der Waals surface area contributed by atoms with E-state index >= 15 is 0 Å². The zero-order valence-electron chi connectivity index (χ0n) is 13.9. The lowest BCUT2D eigenvalue weighted by atomic mass is 9.84. The molecule has 2 N–H and O–H groups in total. The zero-order valence-corrected chi connectivity index (χ0v) is 13.9. The molecule has 2 aliphatic heterocycles. The van der Waals surface area contributed by atoms with Crippen molar-refractivity contribution >= 4 is 5.91 Å². The Balaban J connectivity index is 1.51. The molecule has 0 bridgehead atoms. The molecule has 0 spiro atoms. The summed E-state index contributed by atoms with van der Waals surface area (Å²) in [6, 6.07) is 0. The van der Waals surface area contributed by atoms with Crippen LogP contribution in [0.25, 0.3) is 0 Å². The van der Waals surface area contributed by atoms with Crippen LogP contribution in [0.1, 0.15) is 50.7 Å². The predicted molar refractivity (Wildman–Crippen MR) is 83.4 cm³/mol. The molecule has 1 amide bonds. The third-order valence-corrected chi connectivity index (χ3v) is 4.96. The first kappa shape index (κ1) is 16.4.